The zero-order valence-corrected chi connectivity index (χ0v) is 19.3. The molecule has 0 saturated carbocycles. The Balaban J connectivity index is 1.68. The number of hydrogen-bond donors (Lipinski definition) is 1. The molecule has 8 heteroatoms. The summed E-state index contributed by atoms with van der Waals surface area (Å²) < 4.78 is 30.9. The molecular formula is C22H32N4O3S. The van der Waals surface area contributed by atoms with Gasteiger partial charge in [0.05, 0.1) is 18.6 Å². The van der Waals surface area contributed by atoms with Crippen molar-refractivity contribution in [3.63, 3.8) is 0 Å². The molecule has 1 aliphatic heterocycles. The smallest absolute Gasteiger partial charge is 0.193 e. The molecule has 1 unspecified atom stereocenters. The Morgan fingerprint density at radius 1 is 1.30 bits per heavy atom. The third kappa shape index (κ3) is 4.98. The molecule has 0 spiro atoms. The SMILES string of the molecule is CN=C(NCC1CCS(=O)(=O)C1)N(C)Cc1cc(C)n(-c2ccc(OC)cc2)c1C. The van der Waals surface area contributed by atoms with E-state index in [1.165, 1.54) is 17.0 Å². The fourth-order valence-corrected chi connectivity index (χ4v) is 5.96. The van der Waals surface area contributed by atoms with Gasteiger partial charge in [0.2, 0.25) is 0 Å². The predicted molar refractivity (Wildman–Crippen MR) is 121 cm³/mol. The number of nitrogens with zero attached hydrogens (tertiary/aromatic N) is 3. The lowest BCUT2D eigenvalue weighted by Gasteiger charge is -2.23. The molecule has 1 N–H and O–H groups in total. The van der Waals surface area contributed by atoms with E-state index in [-0.39, 0.29) is 11.7 Å². The van der Waals surface area contributed by atoms with Crippen LogP contribution in [0.4, 0.5) is 0 Å². The van der Waals surface area contributed by atoms with E-state index in [9.17, 15) is 8.42 Å². The molecule has 3 rings (SSSR count). The van der Waals surface area contributed by atoms with Crippen LogP contribution in [0.15, 0.2) is 35.3 Å². The Bertz CT molecular complexity index is 1010. The third-order valence-corrected chi connectivity index (χ3v) is 7.56. The highest BCUT2D eigenvalue weighted by Gasteiger charge is 2.28. The molecule has 2 heterocycles. The van der Waals surface area contributed by atoms with Crippen molar-refractivity contribution in [3.05, 3.63) is 47.3 Å². The minimum Gasteiger partial charge on any atom is -0.497 e. The third-order valence-electron chi connectivity index (χ3n) is 5.72. The molecule has 2 aromatic rings. The summed E-state index contributed by atoms with van der Waals surface area (Å²) >= 11 is 0. The van der Waals surface area contributed by atoms with Gasteiger partial charge in [0.15, 0.2) is 15.8 Å². The van der Waals surface area contributed by atoms with E-state index in [2.05, 4.69) is 51.8 Å². The fourth-order valence-electron chi connectivity index (χ4n) is 4.10. The number of benzene rings is 1. The topological polar surface area (TPSA) is 75.9 Å². The Hall–Kier alpha value is -2.48. The van der Waals surface area contributed by atoms with Gasteiger partial charge >= 0.3 is 0 Å². The van der Waals surface area contributed by atoms with Crippen molar-refractivity contribution in [1.29, 1.82) is 0 Å². The van der Waals surface area contributed by atoms with Crippen LogP contribution in [0.3, 0.4) is 0 Å². The molecule has 1 fully saturated rings. The number of sulfone groups is 1. The number of hydrogen-bond acceptors (Lipinski definition) is 4. The summed E-state index contributed by atoms with van der Waals surface area (Å²) in [4.78, 5) is 6.45. The average Bonchev–Trinajstić information content (AvgIpc) is 3.20. The molecule has 30 heavy (non-hydrogen) atoms. The first-order valence-electron chi connectivity index (χ1n) is 10.2. The molecule has 7 nitrogen and oxygen atoms in total. The minimum absolute atomic E-state index is 0.153. The van der Waals surface area contributed by atoms with Crippen molar-refractivity contribution in [2.75, 3.05) is 39.3 Å². The Kier molecular flexibility index (Phi) is 6.75. The van der Waals surface area contributed by atoms with Crippen LogP contribution in [0.25, 0.3) is 5.69 Å². The van der Waals surface area contributed by atoms with Crippen LogP contribution in [0.1, 0.15) is 23.4 Å². The van der Waals surface area contributed by atoms with E-state index in [1.54, 1.807) is 14.2 Å². The first-order chi connectivity index (χ1) is 14.2. The second-order valence-corrected chi connectivity index (χ2v) is 10.2. The van der Waals surface area contributed by atoms with Crippen LogP contribution in [0.2, 0.25) is 0 Å². The zero-order chi connectivity index (χ0) is 21.9. The van der Waals surface area contributed by atoms with Crippen molar-refractivity contribution in [3.8, 4) is 11.4 Å². The molecule has 1 aromatic carbocycles. The Morgan fingerprint density at radius 3 is 2.57 bits per heavy atom. The van der Waals surface area contributed by atoms with Crippen molar-refractivity contribution >= 4 is 15.8 Å². The normalized spacial score (nSPS) is 18.4. The molecule has 1 atom stereocenters. The van der Waals surface area contributed by atoms with Crippen LogP contribution >= 0.6 is 0 Å². The highest BCUT2D eigenvalue weighted by Crippen LogP contribution is 2.24. The maximum atomic E-state index is 11.7. The molecule has 1 aliphatic rings. The quantitative estimate of drug-likeness (QED) is 0.561. The van der Waals surface area contributed by atoms with Crippen molar-refractivity contribution in [2.24, 2.45) is 10.9 Å². The van der Waals surface area contributed by atoms with Gasteiger partial charge < -0.3 is 19.5 Å². The van der Waals surface area contributed by atoms with E-state index in [0.717, 1.165) is 23.8 Å². The molecule has 0 amide bonds. The molecule has 164 valence electrons. The van der Waals surface area contributed by atoms with E-state index < -0.39 is 9.84 Å². The van der Waals surface area contributed by atoms with Gasteiger partial charge in [0.25, 0.3) is 0 Å². The summed E-state index contributed by atoms with van der Waals surface area (Å²) in [7, 11) is 2.56. The maximum absolute atomic E-state index is 11.7. The van der Waals surface area contributed by atoms with Gasteiger partial charge in [-0.2, -0.15) is 0 Å². The maximum Gasteiger partial charge on any atom is 0.193 e. The molecule has 0 aliphatic carbocycles. The number of guanidine groups is 1. The van der Waals surface area contributed by atoms with Gasteiger partial charge in [-0.05, 0) is 62.1 Å². The lowest BCUT2D eigenvalue weighted by atomic mass is 10.1. The van der Waals surface area contributed by atoms with Crippen LogP contribution < -0.4 is 10.1 Å². The highest BCUT2D eigenvalue weighted by atomic mass is 32.2. The van der Waals surface area contributed by atoms with Crippen molar-refractivity contribution < 1.29 is 13.2 Å². The Labute approximate surface area is 179 Å². The van der Waals surface area contributed by atoms with E-state index in [0.29, 0.717) is 18.8 Å². The summed E-state index contributed by atoms with van der Waals surface area (Å²) in [6.07, 6.45) is 0.721. The lowest BCUT2D eigenvalue weighted by Crippen LogP contribution is -2.41. The van der Waals surface area contributed by atoms with E-state index >= 15 is 0 Å². The molecule has 0 bridgehead atoms. The molecule has 0 radical (unpaired) electrons. The number of aryl methyl sites for hydroxylation is 1. The van der Waals surface area contributed by atoms with Crippen LogP contribution in [-0.2, 0) is 16.4 Å². The van der Waals surface area contributed by atoms with Crippen LogP contribution in [-0.4, -0.2) is 63.1 Å². The van der Waals surface area contributed by atoms with Gasteiger partial charge in [-0.15, -0.1) is 0 Å². The number of aliphatic imine (C=N–C) groups is 1. The predicted octanol–water partition coefficient (Wildman–Crippen LogP) is 2.54. The molecular weight excluding hydrogens is 400 g/mol. The summed E-state index contributed by atoms with van der Waals surface area (Å²) in [6.45, 7) is 5.56. The van der Waals surface area contributed by atoms with Crippen molar-refractivity contribution in [1.82, 2.24) is 14.8 Å². The number of ether oxygens (including phenoxy) is 1. The lowest BCUT2D eigenvalue weighted by molar-refractivity contribution is 0.414. The van der Waals surface area contributed by atoms with Gasteiger partial charge in [-0.1, -0.05) is 0 Å². The number of nitrogens with one attached hydrogen (secondary N) is 1. The molecule has 1 saturated heterocycles. The summed E-state index contributed by atoms with van der Waals surface area (Å²) in [5, 5.41) is 3.35. The van der Waals surface area contributed by atoms with Gasteiger partial charge in [-0.3, -0.25) is 4.99 Å². The van der Waals surface area contributed by atoms with Crippen molar-refractivity contribution in [2.45, 2.75) is 26.8 Å². The number of rotatable bonds is 6. The van der Waals surface area contributed by atoms with Gasteiger partial charge in [0, 0.05) is 44.3 Å². The highest BCUT2D eigenvalue weighted by molar-refractivity contribution is 7.91. The summed E-state index contributed by atoms with van der Waals surface area (Å²) in [5.74, 6) is 2.33. The standard InChI is InChI=1S/C22H32N4O3S/c1-16-12-19(17(2)26(16)20-6-8-21(29-5)9-7-20)14-25(4)22(23-3)24-13-18-10-11-30(27,28)15-18/h6-9,12,18H,10-11,13-15H2,1-5H3,(H,23,24). The first-order valence-corrected chi connectivity index (χ1v) is 12.0. The second-order valence-electron chi connectivity index (χ2n) is 7.98. The first kappa shape index (κ1) is 22.2. The second kappa shape index (κ2) is 9.12. The van der Waals surface area contributed by atoms with E-state index in [1.807, 2.05) is 19.2 Å². The van der Waals surface area contributed by atoms with Gasteiger partial charge in [-0.25, -0.2) is 8.42 Å². The minimum atomic E-state index is -2.86. The monoisotopic (exact) mass is 432 g/mol. The Morgan fingerprint density at radius 2 is 2.00 bits per heavy atom. The number of aromatic nitrogens is 1. The largest absolute Gasteiger partial charge is 0.497 e. The summed E-state index contributed by atoms with van der Waals surface area (Å²) in [5.41, 5.74) is 4.67. The van der Waals surface area contributed by atoms with Crippen LogP contribution in [0, 0.1) is 19.8 Å². The summed E-state index contributed by atoms with van der Waals surface area (Å²) in [6, 6.07) is 10.3. The average molecular weight is 433 g/mol. The molecule has 1 aromatic heterocycles. The zero-order valence-electron chi connectivity index (χ0n) is 18.5. The van der Waals surface area contributed by atoms with E-state index in [4.69, 9.17) is 4.74 Å². The van der Waals surface area contributed by atoms with Crippen LogP contribution in [0.5, 0.6) is 5.75 Å². The number of methoxy groups -OCH3 is 1. The van der Waals surface area contributed by atoms with Gasteiger partial charge in [0.1, 0.15) is 5.75 Å². The fraction of sp³-hybridized carbons (Fsp3) is 0.500.